The van der Waals surface area contributed by atoms with Crippen LogP contribution >= 0.6 is 0 Å². The van der Waals surface area contributed by atoms with Gasteiger partial charge in [0.1, 0.15) is 5.75 Å². The van der Waals surface area contributed by atoms with Gasteiger partial charge in [0.15, 0.2) is 0 Å². The lowest BCUT2D eigenvalue weighted by Gasteiger charge is -2.20. The molecule has 0 aliphatic carbocycles. The number of hydrogen-bond donors (Lipinski definition) is 3. The normalized spacial score (nSPS) is 10.1. The van der Waals surface area contributed by atoms with Crippen LogP contribution in [0.5, 0.6) is 5.75 Å². The third kappa shape index (κ3) is 3.07. The van der Waals surface area contributed by atoms with Crippen molar-refractivity contribution in [3.63, 3.8) is 0 Å². The molecule has 0 aliphatic heterocycles. The highest BCUT2D eigenvalue weighted by Gasteiger charge is 2.11. The second kappa shape index (κ2) is 6.08. The topological polar surface area (TPSA) is 78.6 Å². The zero-order valence-electron chi connectivity index (χ0n) is 11.2. The van der Waals surface area contributed by atoms with Gasteiger partial charge in [0.2, 0.25) is 0 Å². The molecule has 2 aromatic carbocycles. The first-order valence-electron chi connectivity index (χ1n) is 6.21. The first kappa shape index (κ1) is 13.9. The Hall–Kier alpha value is -2.53. The summed E-state index contributed by atoms with van der Waals surface area (Å²) in [6, 6.07) is 14.2. The number of amides is 1. The van der Waals surface area contributed by atoms with Gasteiger partial charge in [-0.25, -0.2) is 5.84 Å². The van der Waals surface area contributed by atoms with E-state index in [9.17, 15) is 9.90 Å². The Morgan fingerprint density at radius 3 is 2.50 bits per heavy atom. The molecule has 5 heteroatoms. The van der Waals surface area contributed by atoms with Crippen LogP contribution < -0.4 is 16.2 Å². The number of carbonyl (C=O) groups is 1. The van der Waals surface area contributed by atoms with E-state index in [2.05, 4.69) is 5.43 Å². The smallest absolute Gasteiger partial charge is 0.265 e. The number of rotatable bonds is 4. The van der Waals surface area contributed by atoms with Crippen LogP contribution in [0, 0.1) is 0 Å². The van der Waals surface area contributed by atoms with Crippen molar-refractivity contribution >= 4 is 11.6 Å². The average Bonchev–Trinajstić information content (AvgIpc) is 2.47. The quantitative estimate of drug-likeness (QED) is 0.448. The predicted octanol–water partition coefficient (Wildman–Crippen LogP) is 1.63. The molecule has 5 nitrogen and oxygen atoms in total. The Kier molecular flexibility index (Phi) is 4.22. The van der Waals surface area contributed by atoms with Gasteiger partial charge in [-0.05, 0) is 35.9 Å². The minimum absolute atomic E-state index is 0.227. The highest BCUT2D eigenvalue weighted by atomic mass is 16.3. The molecule has 0 aliphatic rings. The van der Waals surface area contributed by atoms with Gasteiger partial charge in [0.05, 0.1) is 0 Å². The summed E-state index contributed by atoms with van der Waals surface area (Å²) in [6.07, 6.45) is 0. The number of benzene rings is 2. The van der Waals surface area contributed by atoms with Crippen molar-refractivity contribution < 1.29 is 9.90 Å². The lowest BCUT2D eigenvalue weighted by Crippen LogP contribution is -2.31. The monoisotopic (exact) mass is 271 g/mol. The van der Waals surface area contributed by atoms with E-state index in [-0.39, 0.29) is 11.7 Å². The minimum atomic E-state index is -0.306. The molecule has 0 aromatic heterocycles. The molecule has 0 fully saturated rings. The molecule has 0 saturated carbocycles. The number of phenolic OH excluding ortho intramolecular Hbond substituents is 1. The van der Waals surface area contributed by atoms with Crippen LogP contribution in [0.4, 0.5) is 5.69 Å². The lowest BCUT2D eigenvalue weighted by atomic mass is 10.1. The van der Waals surface area contributed by atoms with Gasteiger partial charge in [-0.1, -0.05) is 18.2 Å². The maximum absolute atomic E-state index is 11.7. The molecule has 20 heavy (non-hydrogen) atoms. The van der Waals surface area contributed by atoms with E-state index < -0.39 is 0 Å². The number of nitrogen functional groups attached to an aromatic ring is 1. The third-order valence-electron chi connectivity index (χ3n) is 3.09. The van der Waals surface area contributed by atoms with E-state index >= 15 is 0 Å². The Morgan fingerprint density at radius 1 is 1.20 bits per heavy atom. The number of nitrogens with zero attached hydrogens (tertiary/aromatic N) is 1. The fourth-order valence-electron chi connectivity index (χ4n) is 2.01. The molecule has 0 saturated heterocycles. The van der Waals surface area contributed by atoms with Crippen LogP contribution in [0.15, 0.2) is 48.5 Å². The summed E-state index contributed by atoms with van der Waals surface area (Å²) < 4.78 is 0. The first-order chi connectivity index (χ1) is 9.61. The first-order valence-corrected chi connectivity index (χ1v) is 6.21. The molecule has 0 bridgehead atoms. The van der Waals surface area contributed by atoms with Crippen molar-refractivity contribution in [2.24, 2.45) is 5.84 Å². The summed E-state index contributed by atoms with van der Waals surface area (Å²) in [5, 5.41) is 9.29. The third-order valence-corrected chi connectivity index (χ3v) is 3.09. The second-order valence-corrected chi connectivity index (χ2v) is 4.50. The van der Waals surface area contributed by atoms with E-state index in [0.717, 1.165) is 11.3 Å². The lowest BCUT2D eigenvalue weighted by molar-refractivity contribution is 0.0952. The number of anilines is 1. The van der Waals surface area contributed by atoms with Crippen molar-refractivity contribution in [1.29, 1.82) is 0 Å². The Balaban J connectivity index is 2.21. The van der Waals surface area contributed by atoms with E-state index in [1.165, 1.54) is 0 Å². The van der Waals surface area contributed by atoms with Crippen molar-refractivity contribution in [2.45, 2.75) is 6.54 Å². The molecule has 4 N–H and O–H groups in total. The van der Waals surface area contributed by atoms with Crippen molar-refractivity contribution in [3.05, 3.63) is 59.7 Å². The number of hydrazine groups is 1. The zero-order chi connectivity index (χ0) is 14.5. The van der Waals surface area contributed by atoms with Gasteiger partial charge in [-0.15, -0.1) is 0 Å². The number of hydrogen-bond acceptors (Lipinski definition) is 4. The molecule has 0 heterocycles. The fourth-order valence-corrected chi connectivity index (χ4v) is 2.01. The Labute approximate surface area is 117 Å². The van der Waals surface area contributed by atoms with E-state index in [1.807, 2.05) is 36.2 Å². The molecule has 0 unspecified atom stereocenters. The SMILES string of the molecule is CN(Cc1ccccc1C(=O)NN)c1ccc(O)cc1. The summed E-state index contributed by atoms with van der Waals surface area (Å²) in [7, 11) is 1.92. The fraction of sp³-hybridized carbons (Fsp3) is 0.133. The number of phenols is 1. The van der Waals surface area contributed by atoms with Gasteiger partial charge in [0.25, 0.3) is 5.91 Å². The number of carbonyl (C=O) groups excluding carboxylic acids is 1. The zero-order valence-corrected chi connectivity index (χ0v) is 11.2. The summed E-state index contributed by atoms with van der Waals surface area (Å²) >= 11 is 0. The predicted molar refractivity (Wildman–Crippen MR) is 78.3 cm³/mol. The maximum atomic E-state index is 11.7. The van der Waals surface area contributed by atoms with Crippen molar-refractivity contribution in [2.75, 3.05) is 11.9 Å². The van der Waals surface area contributed by atoms with Gasteiger partial charge in [-0.3, -0.25) is 10.2 Å². The van der Waals surface area contributed by atoms with Crippen molar-refractivity contribution in [3.8, 4) is 5.75 Å². The molecule has 1 amide bonds. The van der Waals surface area contributed by atoms with Crippen LogP contribution in [0.1, 0.15) is 15.9 Å². The number of nitrogens with one attached hydrogen (secondary N) is 1. The molecule has 2 rings (SSSR count). The number of aromatic hydroxyl groups is 1. The molecular formula is C15H17N3O2. The minimum Gasteiger partial charge on any atom is -0.508 e. The van der Waals surface area contributed by atoms with Gasteiger partial charge < -0.3 is 10.0 Å². The van der Waals surface area contributed by atoms with Gasteiger partial charge >= 0.3 is 0 Å². The van der Waals surface area contributed by atoms with E-state index in [4.69, 9.17) is 5.84 Å². The van der Waals surface area contributed by atoms with Crippen molar-refractivity contribution in [1.82, 2.24) is 5.43 Å². The standard InChI is InChI=1S/C15H17N3O2/c1-18(12-6-8-13(19)9-7-12)10-11-4-2-3-5-14(11)15(20)17-16/h2-9,19H,10,16H2,1H3,(H,17,20). The second-order valence-electron chi connectivity index (χ2n) is 4.50. The van der Waals surface area contributed by atoms with Crippen LogP contribution in [-0.2, 0) is 6.54 Å². The summed E-state index contributed by atoms with van der Waals surface area (Å²) in [5.41, 5.74) is 4.54. The molecule has 0 atom stereocenters. The molecule has 0 spiro atoms. The maximum Gasteiger partial charge on any atom is 0.265 e. The molecular weight excluding hydrogens is 254 g/mol. The number of nitrogens with two attached hydrogens (primary N) is 1. The van der Waals surface area contributed by atoms with Crippen LogP contribution in [0.25, 0.3) is 0 Å². The summed E-state index contributed by atoms with van der Waals surface area (Å²) in [5.74, 6) is 5.11. The average molecular weight is 271 g/mol. The van der Waals surface area contributed by atoms with Gasteiger partial charge in [-0.2, -0.15) is 0 Å². The van der Waals surface area contributed by atoms with Gasteiger partial charge in [0, 0.05) is 24.8 Å². The Bertz CT molecular complexity index is 596. The summed E-state index contributed by atoms with van der Waals surface area (Å²) in [4.78, 5) is 13.7. The van der Waals surface area contributed by atoms with Crippen LogP contribution in [0.2, 0.25) is 0 Å². The highest BCUT2D eigenvalue weighted by Crippen LogP contribution is 2.20. The summed E-state index contributed by atoms with van der Waals surface area (Å²) in [6.45, 7) is 0.564. The molecule has 104 valence electrons. The largest absolute Gasteiger partial charge is 0.508 e. The van der Waals surface area contributed by atoms with Crippen LogP contribution in [0.3, 0.4) is 0 Å². The Morgan fingerprint density at radius 2 is 1.85 bits per heavy atom. The molecule has 2 aromatic rings. The van der Waals surface area contributed by atoms with E-state index in [1.54, 1.807) is 24.3 Å². The van der Waals surface area contributed by atoms with Crippen LogP contribution in [-0.4, -0.2) is 18.1 Å². The highest BCUT2D eigenvalue weighted by molar-refractivity contribution is 5.95. The molecule has 0 radical (unpaired) electrons. The van der Waals surface area contributed by atoms with E-state index in [0.29, 0.717) is 12.1 Å².